The molecule has 9 heteroatoms. The Morgan fingerprint density at radius 1 is 1.05 bits per heavy atom. The van der Waals surface area contributed by atoms with Crippen molar-refractivity contribution in [2.75, 3.05) is 44.2 Å². The largest absolute Gasteiger partial charge is 0.494 e. The van der Waals surface area contributed by atoms with Crippen LogP contribution in [0, 0.1) is 0 Å². The lowest BCUT2D eigenvalue weighted by molar-refractivity contribution is -0.121. The van der Waals surface area contributed by atoms with Crippen molar-refractivity contribution in [2.45, 2.75) is 6.42 Å². The number of carbonyl (C=O) groups excluding carboxylic acids is 2. The molecule has 1 heterocycles. The fourth-order valence-electron chi connectivity index (χ4n) is 3.78. The van der Waals surface area contributed by atoms with Gasteiger partial charge in [0.05, 0.1) is 26.5 Å². The van der Waals surface area contributed by atoms with Crippen molar-refractivity contribution >= 4 is 40.9 Å². The Morgan fingerprint density at radius 2 is 1.84 bits per heavy atom. The van der Waals surface area contributed by atoms with Gasteiger partial charge < -0.3 is 29.2 Å². The van der Waals surface area contributed by atoms with Crippen molar-refractivity contribution in [2.24, 2.45) is 0 Å². The second kappa shape index (κ2) is 12.2. The predicted molar refractivity (Wildman–Crippen MR) is 143 cm³/mol. The Balaban J connectivity index is 1.38. The van der Waals surface area contributed by atoms with Gasteiger partial charge in [-0.2, -0.15) is 0 Å². The van der Waals surface area contributed by atoms with Crippen molar-refractivity contribution in [3.8, 4) is 23.0 Å². The maximum absolute atomic E-state index is 12.6. The van der Waals surface area contributed by atoms with Crippen LogP contribution in [0.25, 0.3) is 6.08 Å². The zero-order valence-electron chi connectivity index (χ0n) is 20.5. The van der Waals surface area contributed by atoms with E-state index in [0.717, 1.165) is 5.56 Å². The highest BCUT2D eigenvalue weighted by atomic mass is 35.5. The zero-order chi connectivity index (χ0) is 26.2. The minimum atomic E-state index is -0.319. The number of ether oxygens (including phenoxy) is 4. The number of fused-ring (bicyclic) bond motifs is 1. The normalized spacial score (nSPS) is 12.6. The maximum atomic E-state index is 12.6. The van der Waals surface area contributed by atoms with Gasteiger partial charge in [-0.25, -0.2) is 0 Å². The molecule has 0 bridgehead atoms. The molecule has 2 amide bonds. The Labute approximate surface area is 220 Å². The molecular weight excluding hydrogens is 496 g/mol. The molecule has 3 aromatic carbocycles. The Kier molecular flexibility index (Phi) is 8.53. The molecule has 0 spiro atoms. The molecule has 0 saturated carbocycles. The van der Waals surface area contributed by atoms with Crippen molar-refractivity contribution in [1.29, 1.82) is 0 Å². The molecule has 1 aliphatic rings. The van der Waals surface area contributed by atoms with E-state index in [1.807, 2.05) is 6.07 Å². The van der Waals surface area contributed by atoms with E-state index in [4.69, 9.17) is 30.5 Å². The summed E-state index contributed by atoms with van der Waals surface area (Å²) in [6.07, 6.45) is 3.71. The van der Waals surface area contributed by atoms with Crippen LogP contribution in [0.3, 0.4) is 0 Å². The van der Waals surface area contributed by atoms with Gasteiger partial charge in [0.15, 0.2) is 18.1 Å². The number of halogens is 1. The average Bonchev–Trinajstić information content (AvgIpc) is 2.91. The molecule has 0 unspecified atom stereocenters. The Bertz CT molecular complexity index is 1290. The van der Waals surface area contributed by atoms with Crippen LogP contribution in [-0.4, -0.2) is 45.8 Å². The molecule has 37 heavy (non-hydrogen) atoms. The van der Waals surface area contributed by atoms with Crippen molar-refractivity contribution in [3.05, 3.63) is 77.3 Å². The number of hydrogen-bond donors (Lipinski definition) is 1. The van der Waals surface area contributed by atoms with E-state index >= 15 is 0 Å². The number of benzene rings is 3. The summed E-state index contributed by atoms with van der Waals surface area (Å²) in [6.45, 7) is 0.836. The standard InChI is InChI=1S/C28H27ClN2O6/c1-34-25-11-4-19(16-26(25)35-2)5-13-27(32)30-21-8-12-24-23(17-21)31(28(33)18-37-24)14-3-15-36-22-9-6-20(29)7-10-22/h4-13,16-17H,3,14-15,18H2,1-2H3,(H,30,32)/b13-5+. The maximum Gasteiger partial charge on any atom is 0.265 e. The quantitative estimate of drug-likeness (QED) is 0.291. The number of nitrogens with zero attached hydrogens (tertiary/aromatic N) is 1. The van der Waals surface area contributed by atoms with Crippen molar-refractivity contribution < 1.29 is 28.5 Å². The zero-order valence-corrected chi connectivity index (χ0v) is 21.3. The fourth-order valence-corrected chi connectivity index (χ4v) is 3.91. The van der Waals surface area contributed by atoms with E-state index < -0.39 is 0 Å². The second-order valence-electron chi connectivity index (χ2n) is 8.11. The first kappa shape index (κ1) is 25.9. The van der Waals surface area contributed by atoms with Crippen LogP contribution in [0.4, 0.5) is 11.4 Å². The summed E-state index contributed by atoms with van der Waals surface area (Å²) in [5.41, 5.74) is 1.93. The first-order valence-corrected chi connectivity index (χ1v) is 12.0. The molecule has 8 nitrogen and oxygen atoms in total. The number of nitrogens with one attached hydrogen (secondary N) is 1. The van der Waals surface area contributed by atoms with Crippen molar-refractivity contribution in [3.63, 3.8) is 0 Å². The Hall–Kier alpha value is -4.17. The lowest BCUT2D eigenvalue weighted by atomic mass is 10.1. The second-order valence-corrected chi connectivity index (χ2v) is 8.55. The van der Waals surface area contributed by atoms with Crippen LogP contribution in [0.5, 0.6) is 23.0 Å². The third-order valence-electron chi connectivity index (χ3n) is 5.61. The van der Waals surface area contributed by atoms with E-state index in [2.05, 4.69) is 5.32 Å². The summed E-state index contributed by atoms with van der Waals surface area (Å²) in [5.74, 6) is 2.00. The van der Waals surface area contributed by atoms with Crippen LogP contribution in [0.2, 0.25) is 5.02 Å². The molecule has 4 rings (SSSR count). The minimum Gasteiger partial charge on any atom is -0.494 e. The SMILES string of the molecule is COc1ccc(/C=C/C(=O)Nc2ccc3c(c2)N(CCCOc2ccc(Cl)cc2)C(=O)CO3)cc1OC. The van der Waals surface area contributed by atoms with Crippen LogP contribution in [0.1, 0.15) is 12.0 Å². The highest BCUT2D eigenvalue weighted by molar-refractivity contribution is 6.30. The smallest absolute Gasteiger partial charge is 0.265 e. The lowest BCUT2D eigenvalue weighted by Crippen LogP contribution is -2.39. The fraction of sp³-hybridized carbons (Fsp3) is 0.214. The lowest BCUT2D eigenvalue weighted by Gasteiger charge is -2.29. The third kappa shape index (κ3) is 6.74. The molecule has 0 fully saturated rings. The van der Waals surface area contributed by atoms with Crippen LogP contribution >= 0.6 is 11.6 Å². The first-order valence-electron chi connectivity index (χ1n) is 11.6. The number of amides is 2. The number of hydrogen-bond acceptors (Lipinski definition) is 6. The van der Waals surface area contributed by atoms with E-state index in [-0.39, 0.29) is 18.4 Å². The third-order valence-corrected chi connectivity index (χ3v) is 5.86. The summed E-state index contributed by atoms with van der Waals surface area (Å²) >= 11 is 5.90. The number of rotatable bonds is 10. The number of methoxy groups -OCH3 is 2. The van der Waals surface area contributed by atoms with Crippen LogP contribution in [-0.2, 0) is 9.59 Å². The highest BCUT2D eigenvalue weighted by Gasteiger charge is 2.25. The summed E-state index contributed by atoms with van der Waals surface area (Å²) in [4.78, 5) is 26.8. The minimum absolute atomic E-state index is 0.0369. The van der Waals surface area contributed by atoms with Gasteiger partial charge in [0.1, 0.15) is 11.5 Å². The summed E-state index contributed by atoms with van der Waals surface area (Å²) in [5, 5.41) is 3.47. The van der Waals surface area contributed by atoms with Gasteiger partial charge in [-0.3, -0.25) is 9.59 Å². The van der Waals surface area contributed by atoms with Gasteiger partial charge in [0, 0.05) is 23.3 Å². The summed E-state index contributed by atoms with van der Waals surface area (Å²) < 4.78 is 21.8. The molecule has 0 atom stereocenters. The molecule has 0 radical (unpaired) electrons. The summed E-state index contributed by atoms with van der Waals surface area (Å²) in [6, 6.07) is 17.7. The average molecular weight is 523 g/mol. The molecular formula is C28H27ClN2O6. The van der Waals surface area contributed by atoms with Gasteiger partial charge in [-0.15, -0.1) is 0 Å². The molecule has 1 aliphatic heterocycles. The van der Waals surface area contributed by atoms with E-state index in [1.165, 1.54) is 6.08 Å². The highest BCUT2D eigenvalue weighted by Crippen LogP contribution is 2.35. The van der Waals surface area contributed by atoms with Gasteiger partial charge in [-0.05, 0) is 72.7 Å². The molecule has 1 N–H and O–H groups in total. The van der Waals surface area contributed by atoms with E-state index in [9.17, 15) is 9.59 Å². The molecule has 0 aromatic heterocycles. The van der Waals surface area contributed by atoms with Gasteiger partial charge >= 0.3 is 0 Å². The first-order chi connectivity index (χ1) is 18.0. The van der Waals surface area contributed by atoms with Gasteiger partial charge in [-0.1, -0.05) is 17.7 Å². The molecule has 0 saturated heterocycles. The van der Waals surface area contributed by atoms with Crippen LogP contribution in [0.15, 0.2) is 66.7 Å². The summed E-state index contributed by atoms with van der Waals surface area (Å²) in [7, 11) is 3.12. The Morgan fingerprint density at radius 3 is 2.59 bits per heavy atom. The topological polar surface area (TPSA) is 86.3 Å². The molecule has 192 valence electrons. The predicted octanol–water partition coefficient (Wildman–Crippen LogP) is 5.20. The number of anilines is 2. The van der Waals surface area contributed by atoms with E-state index in [1.54, 1.807) is 79.8 Å². The molecule has 0 aliphatic carbocycles. The van der Waals surface area contributed by atoms with E-state index in [0.29, 0.717) is 59.0 Å². The van der Waals surface area contributed by atoms with Gasteiger partial charge in [0.2, 0.25) is 5.91 Å². The molecule has 3 aromatic rings. The van der Waals surface area contributed by atoms with Crippen molar-refractivity contribution in [1.82, 2.24) is 0 Å². The van der Waals surface area contributed by atoms with Gasteiger partial charge in [0.25, 0.3) is 5.91 Å². The van der Waals surface area contributed by atoms with Crippen LogP contribution < -0.4 is 29.2 Å². The monoisotopic (exact) mass is 522 g/mol. The number of carbonyl (C=O) groups is 2.